The number of carbonyl (C=O) groups excluding carboxylic acids is 1. The van der Waals surface area contributed by atoms with Crippen LogP contribution >= 0.6 is 23.1 Å². The summed E-state index contributed by atoms with van der Waals surface area (Å²) in [4.78, 5) is 22.1. The van der Waals surface area contributed by atoms with Crippen molar-refractivity contribution in [3.63, 3.8) is 0 Å². The zero-order chi connectivity index (χ0) is 25.2. The van der Waals surface area contributed by atoms with Crippen LogP contribution < -0.4 is 5.32 Å². The predicted molar refractivity (Wildman–Crippen MR) is 151 cm³/mol. The normalized spacial score (nSPS) is 11.3. The Morgan fingerprint density at radius 1 is 0.919 bits per heavy atom. The van der Waals surface area contributed by atoms with Gasteiger partial charge in [-0.25, -0.2) is 9.97 Å². The number of hydrogen-bond donors (Lipinski definition) is 1. The molecule has 182 valence electrons. The maximum Gasteiger partial charge on any atom is 0.236 e. The Kier molecular flexibility index (Phi) is 6.38. The number of benzene rings is 3. The molecule has 0 aliphatic rings. The van der Waals surface area contributed by atoms with Gasteiger partial charge in [-0.15, -0.1) is 10.2 Å². The Hall–Kier alpha value is -4.08. The van der Waals surface area contributed by atoms with Crippen molar-refractivity contribution in [1.29, 1.82) is 0 Å². The number of amides is 1. The molecule has 0 aliphatic carbocycles. The number of nitrogens with one attached hydrogen (secondary N) is 1. The summed E-state index contributed by atoms with van der Waals surface area (Å²) in [7, 11) is 0. The van der Waals surface area contributed by atoms with Crippen LogP contribution in [0.4, 0.5) is 5.13 Å². The maximum atomic E-state index is 12.7. The molecule has 0 unspecified atom stereocenters. The first kappa shape index (κ1) is 23.3. The van der Waals surface area contributed by atoms with Crippen LogP contribution in [0.3, 0.4) is 0 Å². The Balaban J connectivity index is 1.28. The van der Waals surface area contributed by atoms with E-state index < -0.39 is 0 Å². The van der Waals surface area contributed by atoms with E-state index in [4.69, 9.17) is 4.98 Å². The van der Waals surface area contributed by atoms with E-state index in [2.05, 4.69) is 51.7 Å². The van der Waals surface area contributed by atoms with Gasteiger partial charge in [-0.05, 0) is 31.2 Å². The molecule has 0 atom stereocenters. The molecule has 7 nitrogen and oxygen atoms in total. The lowest BCUT2D eigenvalue weighted by Gasteiger charge is -2.11. The number of nitrogens with zero attached hydrogens (tertiary/aromatic N) is 5. The SMILES string of the molecule is CCn1c(SCC(=O)Nc2nc3ccccc3s2)nnc1-c1cc(-c2ccccc2)nc2ccccc12. The number of carbonyl (C=O) groups is 1. The van der Waals surface area contributed by atoms with E-state index in [1.54, 1.807) is 0 Å². The molecular formula is C28H22N6OS2. The van der Waals surface area contributed by atoms with Crippen molar-refractivity contribution in [2.75, 3.05) is 11.1 Å². The summed E-state index contributed by atoms with van der Waals surface area (Å²) in [6.45, 7) is 2.72. The third kappa shape index (κ3) is 4.71. The van der Waals surface area contributed by atoms with Gasteiger partial charge in [0.25, 0.3) is 0 Å². The van der Waals surface area contributed by atoms with E-state index in [-0.39, 0.29) is 11.7 Å². The lowest BCUT2D eigenvalue weighted by atomic mass is 10.0. The highest BCUT2D eigenvalue weighted by Gasteiger charge is 2.19. The third-order valence-electron chi connectivity index (χ3n) is 5.93. The number of anilines is 1. The molecule has 0 spiro atoms. The number of aromatic nitrogens is 5. The number of thiazole rings is 1. The minimum Gasteiger partial charge on any atom is -0.302 e. The molecule has 0 fully saturated rings. The Morgan fingerprint density at radius 2 is 1.68 bits per heavy atom. The van der Waals surface area contributed by atoms with Gasteiger partial charge in [-0.1, -0.05) is 83.8 Å². The van der Waals surface area contributed by atoms with E-state index in [9.17, 15) is 4.79 Å². The molecule has 6 aromatic rings. The number of pyridine rings is 1. The molecule has 0 bridgehead atoms. The monoisotopic (exact) mass is 522 g/mol. The number of thioether (sulfide) groups is 1. The van der Waals surface area contributed by atoms with Crippen molar-refractivity contribution in [3.8, 4) is 22.6 Å². The highest BCUT2D eigenvalue weighted by Crippen LogP contribution is 2.33. The van der Waals surface area contributed by atoms with E-state index in [1.165, 1.54) is 23.1 Å². The molecule has 0 saturated heterocycles. The topological polar surface area (TPSA) is 85.6 Å². The molecule has 3 aromatic heterocycles. The second-order valence-electron chi connectivity index (χ2n) is 8.31. The van der Waals surface area contributed by atoms with E-state index in [0.717, 1.165) is 43.8 Å². The smallest absolute Gasteiger partial charge is 0.236 e. The quantitative estimate of drug-likeness (QED) is 0.240. The maximum absolute atomic E-state index is 12.7. The summed E-state index contributed by atoms with van der Waals surface area (Å²) in [6.07, 6.45) is 0. The molecule has 0 aliphatic heterocycles. The molecule has 37 heavy (non-hydrogen) atoms. The summed E-state index contributed by atoms with van der Waals surface area (Å²) in [5.41, 5.74) is 4.66. The van der Waals surface area contributed by atoms with Crippen LogP contribution in [0.1, 0.15) is 6.92 Å². The fourth-order valence-corrected chi connectivity index (χ4v) is 5.89. The molecule has 3 aromatic carbocycles. The molecule has 0 radical (unpaired) electrons. The van der Waals surface area contributed by atoms with Crippen molar-refractivity contribution in [2.24, 2.45) is 0 Å². The standard InChI is InChI=1S/C28H22N6OS2/c1-2-34-26(20-16-23(18-10-4-3-5-11-18)29-21-13-7-6-12-19(20)21)32-33-28(34)36-17-25(35)31-27-30-22-14-8-9-15-24(22)37-27/h3-16H,2,17H2,1H3,(H,30,31,35). The molecular weight excluding hydrogens is 500 g/mol. The van der Waals surface area contributed by atoms with Gasteiger partial charge in [-0.2, -0.15) is 0 Å². The van der Waals surface area contributed by atoms with Crippen LogP contribution in [-0.2, 0) is 11.3 Å². The predicted octanol–water partition coefficient (Wildman–Crippen LogP) is 6.52. The minimum atomic E-state index is -0.128. The van der Waals surface area contributed by atoms with Gasteiger partial charge in [0.1, 0.15) is 0 Å². The second kappa shape index (κ2) is 10.1. The van der Waals surface area contributed by atoms with Crippen LogP contribution in [0.2, 0.25) is 0 Å². The molecule has 1 N–H and O–H groups in total. The lowest BCUT2D eigenvalue weighted by Crippen LogP contribution is -2.14. The summed E-state index contributed by atoms with van der Waals surface area (Å²) >= 11 is 2.83. The van der Waals surface area contributed by atoms with Crippen LogP contribution in [-0.4, -0.2) is 36.4 Å². The average Bonchev–Trinajstić information content (AvgIpc) is 3.54. The number of rotatable bonds is 7. The Labute approximate surface area is 221 Å². The van der Waals surface area contributed by atoms with E-state index >= 15 is 0 Å². The zero-order valence-electron chi connectivity index (χ0n) is 20.0. The van der Waals surface area contributed by atoms with Gasteiger partial charge in [0, 0.05) is 23.1 Å². The lowest BCUT2D eigenvalue weighted by molar-refractivity contribution is -0.113. The number of fused-ring (bicyclic) bond motifs is 2. The first-order valence-electron chi connectivity index (χ1n) is 11.9. The second-order valence-corrected chi connectivity index (χ2v) is 10.3. The summed E-state index contributed by atoms with van der Waals surface area (Å²) in [5.74, 6) is 0.838. The van der Waals surface area contributed by atoms with Crippen molar-refractivity contribution < 1.29 is 4.79 Å². The first-order chi connectivity index (χ1) is 18.2. The van der Waals surface area contributed by atoms with Crippen molar-refractivity contribution in [1.82, 2.24) is 24.7 Å². The molecule has 1 amide bonds. The van der Waals surface area contributed by atoms with Crippen LogP contribution in [0.25, 0.3) is 43.8 Å². The fourth-order valence-electron chi connectivity index (χ4n) is 4.21. The van der Waals surface area contributed by atoms with Crippen molar-refractivity contribution in [3.05, 3.63) is 84.9 Å². The number of hydrogen-bond acceptors (Lipinski definition) is 7. The molecule has 3 heterocycles. The van der Waals surface area contributed by atoms with Gasteiger partial charge in [-0.3, -0.25) is 4.79 Å². The van der Waals surface area contributed by atoms with Gasteiger partial charge in [0.2, 0.25) is 5.91 Å². The Bertz CT molecular complexity index is 1690. The molecule has 6 rings (SSSR count). The van der Waals surface area contributed by atoms with Gasteiger partial charge in [0.15, 0.2) is 16.1 Å². The average molecular weight is 523 g/mol. The van der Waals surface area contributed by atoms with Gasteiger partial charge >= 0.3 is 0 Å². The third-order valence-corrected chi connectivity index (χ3v) is 7.85. The highest BCUT2D eigenvalue weighted by atomic mass is 32.2. The Morgan fingerprint density at radius 3 is 2.49 bits per heavy atom. The molecule has 9 heteroatoms. The largest absolute Gasteiger partial charge is 0.302 e. The van der Waals surface area contributed by atoms with Gasteiger partial charge < -0.3 is 9.88 Å². The highest BCUT2D eigenvalue weighted by molar-refractivity contribution is 7.99. The van der Waals surface area contributed by atoms with Gasteiger partial charge in [0.05, 0.1) is 27.2 Å². The first-order valence-corrected chi connectivity index (χ1v) is 13.7. The minimum absolute atomic E-state index is 0.128. The zero-order valence-corrected chi connectivity index (χ0v) is 21.6. The summed E-state index contributed by atoms with van der Waals surface area (Å²) < 4.78 is 3.09. The van der Waals surface area contributed by atoms with E-state index in [0.29, 0.717) is 16.8 Å². The van der Waals surface area contributed by atoms with Crippen LogP contribution in [0.5, 0.6) is 0 Å². The summed E-state index contributed by atoms with van der Waals surface area (Å²) in [6, 6.07) is 28.1. The summed E-state index contributed by atoms with van der Waals surface area (Å²) in [5, 5.41) is 14.2. The molecule has 0 saturated carbocycles. The number of para-hydroxylation sites is 2. The van der Waals surface area contributed by atoms with Crippen molar-refractivity contribution in [2.45, 2.75) is 18.6 Å². The van der Waals surface area contributed by atoms with Crippen LogP contribution in [0.15, 0.2) is 90.1 Å². The van der Waals surface area contributed by atoms with Crippen LogP contribution in [0, 0.1) is 0 Å². The van der Waals surface area contributed by atoms with E-state index in [1.807, 2.05) is 65.2 Å². The fraction of sp³-hybridized carbons (Fsp3) is 0.107. The van der Waals surface area contributed by atoms with Crippen molar-refractivity contribution >= 4 is 55.3 Å².